The van der Waals surface area contributed by atoms with E-state index in [-0.39, 0.29) is 21.9 Å². The van der Waals surface area contributed by atoms with E-state index in [9.17, 15) is 67.7 Å². The minimum Gasteiger partial charge on any atom is -0.369 e. The molecule has 0 saturated heterocycles. The molecule has 196 valence electrons. The quantitative estimate of drug-likeness (QED) is 0.485. The molecule has 0 unspecified atom stereocenters. The van der Waals surface area contributed by atoms with Crippen LogP contribution in [0.25, 0.3) is 0 Å². The van der Waals surface area contributed by atoms with Gasteiger partial charge in [0.2, 0.25) is 0 Å². The molecule has 1 heterocycles. The first kappa shape index (κ1) is 28.7. The van der Waals surface area contributed by atoms with Crippen LogP contribution in [0.1, 0.15) is 20.8 Å². The van der Waals surface area contributed by atoms with Crippen molar-refractivity contribution in [2.45, 2.75) is 35.9 Å². The summed E-state index contributed by atoms with van der Waals surface area (Å²) in [5.74, 6) is -1.30. The zero-order valence-corrected chi connectivity index (χ0v) is 17.5. The summed E-state index contributed by atoms with van der Waals surface area (Å²) in [6, 6.07) is 1.02. The number of carbonyl (C=O) groups is 1. The molecule has 0 spiro atoms. The van der Waals surface area contributed by atoms with Gasteiger partial charge in [0.05, 0.1) is 10.6 Å². The molecule has 0 bridgehead atoms. The van der Waals surface area contributed by atoms with Crippen molar-refractivity contribution in [1.29, 1.82) is 0 Å². The summed E-state index contributed by atoms with van der Waals surface area (Å²) in [5, 5.41) is 20.5. The third-order valence-electron chi connectivity index (χ3n) is 4.84. The number of benzene rings is 1. The zero-order chi connectivity index (χ0) is 27.4. The fraction of sp³-hybridized carbons (Fsp3) is 0.389. The Morgan fingerprint density at radius 2 is 1.23 bits per heavy atom. The van der Waals surface area contributed by atoms with Gasteiger partial charge in [0.15, 0.2) is 0 Å². The van der Waals surface area contributed by atoms with Gasteiger partial charge in [-0.05, 0) is 23.6 Å². The monoisotopic (exact) mass is 549 g/mol. The SMILES string of the molecule is CN(C(=O)c1cccs1)c1ccc(C(O)(C(F)(F)F)C(F)(F)F)cc1C(O)(C(F)(F)F)C(F)(F)F. The maximum absolute atomic E-state index is 13.5. The predicted octanol–water partition coefficient (Wildman–Crippen LogP) is 5.65. The van der Waals surface area contributed by atoms with Crippen molar-refractivity contribution in [2.75, 3.05) is 11.9 Å². The van der Waals surface area contributed by atoms with E-state index in [2.05, 4.69) is 0 Å². The van der Waals surface area contributed by atoms with Crippen molar-refractivity contribution < 1.29 is 67.7 Å². The van der Waals surface area contributed by atoms with Crippen molar-refractivity contribution in [2.24, 2.45) is 0 Å². The highest BCUT2D eigenvalue weighted by Gasteiger charge is 2.74. The summed E-state index contributed by atoms with van der Waals surface area (Å²) < 4.78 is 160. The molecule has 0 aliphatic heterocycles. The van der Waals surface area contributed by atoms with Gasteiger partial charge in [-0.1, -0.05) is 12.1 Å². The predicted molar refractivity (Wildman–Crippen MR) is 95.5 cm³/mol. The molecule has 1 aromatic heterocycles. The second-order valence-corrected chi connectivity index (χ2v) is 7.93. The molecule has 0 aliphatic rings. The number of anilines is 1. The number of hydrogen-bond acceptors (Lipinski definition) is 4. The van der Waals surface area contributed by atoms with E-state index in [1.807, 2.05) is 0 Å². The molecule has 0 atom stereocenters. The Morgan fingerprint density at radius 1 is 0.771 bits per heavy atom. The minimum absolute atomic E-state index is 0.0631. The van der Waals surface area contributed by atoms with Crippen LogP contribution in [0, 0.1) is 0 Å². The molecule has 35 heavy (non-hydrogen) atoms. The Hall–Kier alpha value is -2.53. The van der Waals surface area contributed by atoms with Crippen LogP contribution in [0.4, 0.5) is 58.4 Å². The Labute approximate surface area is 191 Å². The maximum atomic E-state index is 13.5. The van der Waals surface area contributed by atoms with E-state index >= 15 is 0 Å². The standard InChI is InChI=1S/C18H11F12NO3S/c1-31(12(32)11-3-2-6-35-11)10-5-4-8(13(33,15(19,20)21)16(22,23)24)7-9(10)14(34,17(25,26)27)18(28,29)30/h2-7,33-34H,1H3. The lowest BCUT2D eigenvalue weighted by Gasteiger charge is -2.37. The molecule has 0 fully saturated rings. The Morgan fingerprint density at radius 3 is 1.60 bits per heavy atom. The van der Waals surface area contributed by atoms with Crippen LogP contribution >= 0.6 is 11.3 Å². The molecule has 1 amide bonds. The number of thiophene rings is 1. The Balaban J connectivity index is 2.99. The van der Waals surface area contributed by atoms with Crippen molar-refractivity contribution >= 4 is 22.9 Å². The van der Waals surface area contributed by atoms with Crippen LogP contribution in [0.15, 0.2) is 35.7 Å². The van der Waals surface area contributed by atoms with E-state index in [1.165, 1.54) is 11.4 Å². The second-order valence-electron chi connectivity index (χ2n) is 6.99. The smallest absolute Gasteiger partial charge is 0.369 e. The van der Waals surface area contributed by atoms with Gasteiger partial charge in [-0.25, -0.2) is 0 Å². The molecular formula is C18H11F12NO3S. The molecule has 0 aliphatic carbocycles. The maximum Gasteiger partial charge on any atom is 0.430 e. The van der Waals surface area contributed by atoms with Crippen molar-refractivity contribution in [3.63, 3.8) is 0 Å². The van der Waals surface area contributed by atoms with E-state index < -0.39 is 64.7 Å². The summed E-state index contributed by atoms with van der Waals surface area (Å²) in [4.78, 5) is 12.2. The zero-order valence-electron chi connectivity index (χ0n) is 16.7. The van der Waals surface area contributed by atoms with Gasteiger partial charge >= 0.3 is 24.7 Å². The van der Waals surface area contributed by atoms with Gasteiger partial charge in [0.1, 0.15) is 0 Å². The van der Waals surface area contributed by atoms with Gasteiger partial charge in [0, 0.05) is 18.2 Å². The topological polar surface area (TPSA) is 60.8 Å². The summed E-state index contributed by atoms with van der Waals surface area (Å²) in [6.07, 6.45) is -26.8. The lowest BCUT2D eigenvalue weighted by Crippen LogP contribution is -2.56. The number of hydrogen-bond donors (Lipinski definition) is 2. The number of rotatable bonds is 4. The molecular weight excluding hydrogens is 538 g/mol. The highest BCUT2D eigenvalue weighted by molar-refractivity contribution is 7.12. The number of alkyl halides is 12. The fourth-order valence-electron chi connectivity index (χ4n) is 2.97. The molecule has 17 heteroatoms. The van der Waals surface area contributed by atoms with E-state index in [1.54, 1.807) is 0 Å². The molecule has 2 N–H and O–H groups in total. The average molecular weight is 549 g/mol. The summed E-state index contributed by atoms with van der Waals surface area (Å²) in [5.41, 5.74) is -18.6. The lowest BCUT2D eigenvalue weighted by molar-refractivity contribution is -0.378. The number of halogens is 12. The first-order valence-electron chi connectivity index (χ1n) is 8.70. The highest BCUT2D eigenvalue weighted by Crippen LogP contribution is 2.55. The Kier molecular flexibility index (Phi) is 7.01. The van der Waals surface area contributed by atoms with Crippen molar-refractivity contribution in [3.05, 3.63) is 51.7 Å². The van der Waals surface area contributed by atoms with E-state index in [0.29, 0.717) is 18.4 Å². The average Bonchev–Trinajstić information content (AvgIpc) is 3.22. The van der Waals surface area contributed by atoms with Crippen LogP contribution in [-0.2, 0) is 11.2 Å². The van der Waals surface area contributed by atoms with Crippen molar-refractivity contribution in [1.82, 2.24) is 0 Å². The molecule has 4 nitrogen and oxygen atoms in total. The van der Waals surface area contributed by atoms with Gasteiger partial charge in [0.25, 0.3) is 17.1 Å². The van der Waals surface area contributed by atoms with E-state index in [0.717, 1.165) is 6.07 Å². The second kappa shape index (κ2) is 8.55. The van der Waals surface area contributed by atoms with Gasteiger partial charge in [-0.2, -0.15) is 52.7 Å². The van der Waals surface area contributed by atoms with Gasteiger partial charge in [-0.3, -0.25) is 4.79 Å². The first-order chi connectivity index (χ1) is 15.5. The molecule has 0 saturated carbocycles. The number of nitrogens with zero attached hydrogens (tertiary/aromatic N) is 1. The third-order valence-corrected chi connectivity index (χ3v) is 5.70. The minimum atomic E-state index is -6.75. The summed E-state index contributed by atoms with van der Waals surface area (Å²) in [7, 11) is 0.577. The van der Waals surface area contributed by atoms with Crippen LogP contribution in [0.5, 0.6) is 0 Å². The number of carbonyl (C=O) groups excluding carboxylic acids is 1. The first-order valence-corrected chi connectivity index (χ1v) is 9.58. The van der Waals surface area contributed by atoms with Crippen molar-refractivity contribution in [3.8, 4) is 0 Å². The lowest BCUT2D eigenvalue weighted by atomic mass is 9.84. The van der Waals surface area contributed by atoms with E-state index in [4.69, 9.17) is 0 Å². The van der Waals surface area contributed by atoms with Crippen LogP contribution in [-0.4, -0.2) is 47.9 Å². The molecule has 0 radical (unpaired) electrons. The highest BCUT2D eigenvalue weighted by atomic mass is 32.1. The Bertz CT molecular complexity index is 1040. The van der Waals surface area contributed by atoms with Crippen LogP contribution in [0.3, 0.4) is 0 Å². The van der Waals surface area contributed by atoms with Gasteiger partial charge in [-0.15, -0.1) is 11.3 Å². The summed E-state index contributed by atoms with van der Waals surface area (Å²) >= 11 is 0.657. The molecule has 2 rings (SSSR count). The summed E-state index contributed by atoms with van der Waals surface area (Å²) in [6.45, 7) is 0. The number of amides is 1. The normalized spacial score (nSPS) is 14.3. The third kappa shape index (κ3) is 4.55. The molecule has 2 aromatic rings. The fourth-order valence-corrected chi connectivity index (χ4v) is 3.67. The largest absolute Gasteiger partial charge is 0.430 e. The van der Waals surface area contributed by atoms with Crippen LogP contribution < -0.4 is 4.90 Å². The number of aliphatic hydroxyl groups is 2. The van der Waals surface area contributed by atoms with Gasteiger partial charge < -0.3 is 15.1 Å². The molecule has 1 aromatic carbocycles. The van der Waals surface area contributed by atoms with Crippen LogP contribution in [0.2, 0.25) is 0 Å².